The zero-order chi connectivity index (χ0) is 15.1. The molecule has 2 rings (SSSR count). The summed E-state index contributed by atoms with van der Waals surface area (Å²) in [6.07, 6.45) is 3.04. The molecule has 21 heavy (non-hydrogen) atoms. The van der Waals surface area contributed by atoms with Crippen LogP contribution in [-0.2, 0) is 11.3 Å². The van der Waals surface area contributed by atoms with E-state index in [9.17, 15) is 4.79 Å². The highest BCUT2D eigenvalue weighted by atomic mass is 35.5. The van der Waals surface area contributed by atoms with Crippen LogP contribution in [0.2, 0.25) is 5.02 Å². The Morgan fingerprint density at radius 2 is 2.05 bits per heavy atom. The second kappa shape index (κ2) is 7.76. The van der Waals surface area contributed by atoms with Crippen LogP contribution in [0.5, 0.6) is 0 Å². The molecule has 0 aliphatic rings. The zero-order valence-electron chi connectivity index (χ0n) is 11.8. The average molecular weight is 305 g/mol. The molecule has 1 heterocycles. The molecule has 0 bridgehead atoms. The summed E-state index contributed by atoms with van der Waals surface area (Å²) in [4.78, 5) is 18.3. The summed E-state index contributed by atoms with van der Waals surface area (Å²) in [7, 11) is 1.62. The van der Waals surface area contributed by atoms with E-state index in [2.05, 4.69) is 4.98 Å². The Morgan fingerprint density at radius 1 is 1.29 bits per heavy atom. The van der Waals surface area contributed by atoms with Gasteiger partial charge in [0.1, 0.15) is 0 Å². The highest BCUT2D eigenvalue weighted by Gasteiger charge is 2.18. The first-order valence-corrected chi connectivity index (χ1v) is 7.02. The number of halogens is 1. The number of aromatic nitrogens is 1. The predicted molar refractivity (Wildman–Crippen MR) is 82.3 cm³/mol. The minimum Gasteiger partial charge on any atom is -0.383 e. The van der Waals surface area contributed by atoms with Crippen molar-refractivity contribution >= 4 is 17.5 Å². The Balaban J connectivity index is 2.19. The largest absolute Gasteiger partial charge is 0.383 e. The van der Waals surface area contributed by atoms with Gasteiger partial charge >= 0.3 is 0 Å². The topological polar surface area (TPSA) is 42.4 Å². The second-order valence-corrected chi connectivity index (χ2v) is 4.97. The molecule has 1 aromatic carbocycles. The average Bonchev–Trinajstić information content (AvgIpc) is 2.52. The van der Waals surface area contributed by atoms with E-state index >= 15 is 0 Å². The maximum atomic E-state index is 12.6. The molecule has 0 fully saturated rings. The van der Waals surface area contributed by atoms with Gasteiger partial charge in [0.25, 0.3) is 5.91 Å². The van der Waals surface area contributed by atoms with Crippen LogP contribution >= 0.6 is 11.6 Å². The normalized spacial score (nSPS) is 10.4. The molecule has 0 aliphatic heterocycles. The van der Waals surface area contributed by atoms with Crippen molar-refractivity contribution in [3.8, 4) is 0 Å². The van der Waals surface area contributed by atoms with Crippen molar-refractivity contribution in [2.24, 2.45) is 0 Å². The van der Waals surface area contributed by atoms with Crippen LogP contribution in [0, 0.1) is 0 Å². The summed E-state index contributed by atoms with van der Waals surface area (Å²) in [6.45, 7) is 1.49. The van der Waals surface area contributed by atoms with Gasteiger partial charge in [-0.25, -0.2) is 0 Å². The van der Waals surface area contributed by atoms with Crippen molar-refractivity contribution in [1.29, 1.82) is 0 Å². The number of amides is 1. The molecule has 0 saturated carbocycles. The Bertz CT molecular complexity index is 590. The number of carbonyl (C=O) groups excluding carboxylic acids is 1. The summed E-state index contributed by atoms with van der Waals surface area (Å²) in [6, 6.07) is 11.5. The molecule has 2 aromatic rings. The Hall–Kier alpha value is -1.91. The lowest BCUT2D eigenvalue weighted by molar-refractivity contribution is 0.0680. The van der Waals surface area contributed by atoms with Crippen LogP contribution in [0.3, 0.4) is 0 Å². The molecule has 1 amide bonds. The first kappa shape index (κ1) is 15.5. The van der Waals surface area contributed by atoms with Gasteiger partial charge in [-0.3, -0.25) is 9.78 Å². The van der Waals surface area contributed by atoms with Gasteiger partial charge in [0.15, 0.2) is 0 Å². The molecule has 4 nitrogen and oxygen atoms in total. The third-order valence-corrected chi connectivity index (χ3v) is 3.37. The molecule has 0 spiro atoms. The van der Waals surface area contributed by atoms with E-state index in [0.29, 0.717) is 30.3 Å². The third kappa shape index (κ3) is 4.28. The summed E-state index contributed by atoms with van der Waals surface area (Å²) in [5.74, 6) is -0.122. The maximum absolute atomic E-state index is 12.6. The van der Waals surface area contributed by atoms with Crippen molar-refractivity contribution in [2.75, 3.05) is 20.3 Å². The fourth-order valence-corrected chi connectivity index (χ4v) is 2.18. The number of methoxy groups -OCH3 is 1. The molecule has 0 saturated heterocycles. The fraction of sp³-hybridized carbons (Fsp3) is 0.250. The van der Waals surface area contributed by atoms with Gasteiger partial charge in [-0.2, -0.15) is 0 Å². The van der Waals surface area contributed by atoms with Crippen molar-refractivity contribution in [3.63, 3.8) is 0 Å². The number of carbonyl (C=O) groups is 1. The van der Waals surface area contributed by atoms with E-state index in [-0.39, 0.29) is 5.91 Å². The van der Waals surface area contributed by atoms with Crippen LogP contribution in [0.4, 0.5) is 0 Å². The van der Waals surface area contributed by atoms with Crippen molar-refractivity contribution in [2.45, 2.75) is 6.54 Å². The number of benzene rings is 1. The highest BCUT2D eigenvalue weighted by molar-refractivity contribution is 6.33. The van der Waals surface area contributed by atoms with Gasteiger partial charge in [0, 0.05) is 32.6 Å². The van der Waals surface area contributed by atoms with E-state index < -0.39 is 0 Å². The molecular formula is C16H17ClN2O2. The van der Waals surface area contributed by atoms with Crippen LogP contribution in [0.15, 0.2) is 48.8 Å². The van der Waals surface area contributed by atoms with Crippen LogP contribution in [0.1, 0.15) is 15.9 Å². The van der Waals surface area contributed by atoms with Crippen molar-refractivity contribution in [1.82, 2.24) is 9.88 Å². The smallest absolute Gasteiger partial charge is 0.255 e. The molecule has 0 atom stereocenters. The molecule has 5 heteroatoms. The molecule has 0 radical (unpaired) electrons. The van der Waals surface area contributed by atoms with Gasteiger partial charge in [0.2, 0.25) is 0 Å². The second-order valence-electron chi connectivity index (χ2n) is 4.56. The van der Waals surface area contributed by atoms with Crippen molar-refractivity contribution < 1.29 is 9.53 Å². The lowest BCUT2D eigenvalue weighted by Crippen LogP contribution is -2.33. The lowest BCUT2D eigenvalue weighted by atomic mass is 10.2. The maximum Gasteiger partial charge on any atom is 0.255 e. The van der Waals surface area contributed by atoms with E-state index in [1.54, 1.807) is 24.3 Å². The van der Waals surface area contributed by atoms with Gasteiger partial charge in [-0.05, 0) is 11.6 Å². The van der Waals surface area contributed by atoms with Crippen LogP contribution in [0.25, 0.3) is 0 Å². The predicted octanol–water partition coefficient (Wildman–Crippen LogP) is 3.02. The molecule has 1 aromatic heterocycles. The molecule has 0 N–H and O–H groups in total. The molecule has 110 valence electrons. The van der Waals surface area contributed by atoms with Crippen LogP contribution < -0.4 is 0 Å². The van der Waals surface area contributed by atoms with Gasteiger partial charge in [-0.1, -0.05) is 41.9 Å². The fourth-order valence-electron chi connectivity index (χ4n) is 1.98. The first-order valence-electron chi connectivity index (χ1n) is 6.64. The molecule has 0 unspecified atom stereocenters. The standard InChI is InChI=1S/C16H17ClN2O2/c1-21-10-9-19(12-13-5-3-2-4-6-13)16(20)14-7-8-18-11-15(14)17/h2-8,11H,9-10,12H2,1H3. The highest BCUT2D eigenvalue weighted by Crippen LogP contribution is 2.17. The first-order chi connectivity index (χ1) is 10.2. The number of nitrogens with zero attached hydrogens (tertiary/aromatic N) is 2. The summed E-state index contributed by atoms with van der Waals surface area (Å²) in [5.41, 5.74) is 1.52. The number of ether oxygens (including phenoxy) is 1. The summed E-state index contributed by atoms with van der Waals surface area (Å²) >= 11 is 6.06. The Labute approximate surface area is 129 Å². The van der Waals surface area contributed by atoms with E-state index in [4.69, 9.17) is 16.3 Å². The van der Waals surface area contributed by atoms with Crippen LogP contribution in [-0.4, -0.2) is 36.1 Å². The number of hydrogen-bond acceptors (Lipinski definition) is 3. The number of rotatable bonds is 6. The summed E-state index contributed by atoms with van der Waals surface area (Å²) < 4.78 is 5.09. The zero-order valence-corrected chi connectivity index (χ0v) is 12.6. The monoisotopic (exact) mass is 304 g/mol. The van der Waals surface area contributed by atoms with Gasteiger partial charge in [-0.15, -0.1) is 0 Å². The summed E-state index contributed by atoms with van der Waals surface area (Å²) in [5, 5.41) is 0.359. The van der Waals surface area contributed by atoms with Crippen molar-refractivity contribution in [3.05, 3.63) is 64.9 Å². The number of hydrogen-bond donors (Lipinski definition) is 0. The van der Waals surface area contributed by atoms with Gasteiger partial charge < -0.3 is 9.64 Å². The van der Waals surface area contributed by atoms with E-state index in [1.165, 1.54) is 6.20 Å². The van der Waals surface area contributed by atoms with E-state index in [1.807, 2.05) is 30.3 Å². The van der Waals surface area contributed by atoms with Gasteiger partial charge in [0.05, 0.1) is 17.2 Å². The quantitative estimate of drug-likeness (QED) is 0.824. The van der Waals surface area contributed by atoms with E-state index in [0.717, 1.165) is 5.56 Å². The minimum absolute atomic E-state index is 0.122. The number of pyridine rings is 1. The minimum atomic E-state index is -0.122. The Morgan fingerprint density at radius 3 is 2.71 bits per heavy atom. The SMILES string of the molecule is COCCN(Cc1ccccc1)C(=O)c1ccncc1Cl. The lowest BCUT2D eigenvalue weighted by Gasteiger charge is -2.23. The third-order valence-electron chi connectivity index (χ3n) is 3.07. The Kier molecular flexibility index (Phi) is 5.72. The molecular weight excluding hydrogens is 288 g/mol. The molecule has 0 aliphatic carbocycles.